The first-order chi connectivity index (χ1) is 9.52. The summed E-state index contributed by atoms with van der Waals surface area (Å²) >= 11 is 6.05. The molecule has 0 radical (unpaired) electrons. The van der Waals surface area contributed by atoms with E-state index >= 15 is 0 Å². The predicted molar refractivity (Wildman–Crippen MR) is 76.4 cm³/mol. The highest BCUT2D eigenvalue weighted by molar-refractivity contribution is 6.31. The molecule has 1 aliphatic rings. The van der Waals surface area contributed by atoms with E-state index in [1.165, 1.54) is 0 Å². The molecule has 3 rings (SSSR count). The zero-order chi connectivity index (χ0) is 14.3. The van der Waals surface area contributed by atoms with Gasteiger partial charge in [0.15, 0.2) is 5.82 Å². The van der Waals surface area contributed by atoms with Crippen LogP contribution in [0.4, 0.5) is 5.69 Å². The summed E-state index contributed by atoms with van der Waals surface area (Å²) in [6, 6.07) is 5.29. The van der Waals surface area contributed by atoms with Crippen LogP contribution in [0.5, 0.6) is 0 Å². The van der Waals surface area contributed by atoms with Gasteiger partial charge in [-0.15, -0.1) is 5.10 Å². The van der Waals surface area contributed by atoms with Crippen molar-refractivity contribution in [2.45, 2.75) is 31.9 Å². The van der Waals surface area contributed by atoms with Crippen molar-refractivity contribution in [1.29, 1.82) is 0 Å². The number of tetrazole rings is 1. The van der Waals surface area contributed by atoms with E-state index in [0.29, 0.717) is 23.1 Å². The normalized spacial score (nSPS) is 26.1. The van der Waals surface area contributed by atoms with E-state index in [1.807, 2.05) is 6.92 Å². The number of ether oxygens (including phenoxy) is 1. The first kappa shape index (κ1) is 13.3. The van der Waals surface area contributed by atoms with E-state index in [0.717, 1.165) is 12.0 Å². The lowest BCUT2D eigenvalue weighted by Crippen LogP contribution is -2.38. The molecule has 2 unspecified atom stereocenters. The van der Waals surface area contributed by atoms with Gasteiger partial charge in [-0.3, -0.25) is 0 Å². The maximum absolute atomic E-state index is 6.05. The second-order valence-electron chi connectivity index (χ2n) is 5.27. The molecule has 0 saturated carbocycles. The van der Waals surface area contributed by atoms with Crippen molar-refractivity contribution in [3.63, 3.8) is 0 Å². The average molecular weight is 294 g/mol. The van der Waals surface area contributed by atoms with Crippen LogP contribution in [0, 0.1) is 0 Å². The van der Waals surface area contributed by atoms with Crippen LogP contribution in [0.25, 0.3) is 11.4 Å². The Labute approximate surface area is 121 Å². The molecule has 6 nitrogen and oxygen atoms in total. The summed E-state index contributed by atoms with van der Waals surface area (Å²) in [5, 5.41) is 12.7. The molecule has 1 aliphatic heterocycles. The number of anilines is 1. The minimum atomic E-state index is -0.284. The summed E-state index contributed by atoms with van der Waals surface area (Å²) in [6.45, 7) is 4.81. The second-order valence-corrected chi connectivity index (χ2v) is 5.70. The number of halogens is 1. The Morgan fingerprint density at radius 2 is 2.30 bits per heavy atom. The third-order valence-electron chi connectivity index (χ3n) is 4.06. The number of aromatic nitrogens is 4. The average Bonchev–Trinajstić information content (AvgIpc) is 3.01. The van der Waals surface area contributed by atoms with Gasteiger partial charge in [-0.05, 0) is 48.9 Å². The Hall–Kier alpha value is -1.66. The first-order valence-corrected chi connectivity index (χ1v) is 6.86. The van der Waals surface area contributed by atoms with E-state index in [1.54, 1.807) is 22.9 Å². The molecule has 1 aromatic heterocycles. The van der Waals surface area contributed by atoms with Crippen LogP contribution in [0.3, 0.4) is 0 Å². The molecular formula is C13H16ClN5O. The van der Waals surface area contributed by atoms with Crippen LogP contribution < -0.4 is 5.73 Å². The molecule has 0 spiro atoms. The van der Waals surface area contributed by atoms with Crippen LogP contribution in [-0.4, -0.2) is 32.9 Å². The van der Waals surface area contributed by atoms with Crippen LogP contribution in [0.1, 0.15) is 20.3 Å². The fourth-order valence-electron chi connectivity index (χ4n) is 2.52. The number of hydrogen-bond acceptors (Lipinski definition) is 5. The van der Waals surface area contributed by atoms with Crippen molar-refractivity contribution in [2.75, 3.05) is 12.3 Å². The Morgan fingerprint density at radius 3 is 3.00 bits per heavy atom. The van der Waals surface area contributed by atoms with Gasteiger partial charge < -0.3 is 10.5 Å². The number of nitrogen functional groups attached to an aromatic ring is 1. The second kappa shape index (κ2) is 4.71. The van der Waals surface area contributed by atoms with Gasteiger partial charge >= 0.3 is 0 Å². The molecular weight excluding hydrogens is 278 g/mol. The molecule has 2 atom stereocenters. The lowest BCUT2D eigenvalue weighted by Gasteiger charge is -2.28. The molecule has 1 fully saturated rings. The molecule has 1 aromatic carbocycles. The molecule has 0 bridgehead atoms. The van der Waals surface area contributed by atoms with Crippen molar-refractivity contribution in [2.24, 2.45) is 0 Å². The van der Waals surface area contributed by atoms with Crippen molar-refractivity contribution in [3.05, 3.63) is 23.2 Å². The maximum Gasteiger partial charge on any atom is 0.184 e. The fourth-order valence-corrected chi connectivity index (χ4v) is 2.70. The molecule has 2 aromatic rings. The minimum absolute atomic E-state index is 0.0326. The van der Waals surface area contributed by atoms with E-state index in [-0.39, 0.29) is 11.6 Å². The van der Waals surface area contributed by atoms with E-state index in [2.05, 4.69) is 22.4 Å². The predicted octanol–water partition coefficient (Wildman–Crippen LogP) is 2.10. The Bertz CT molecular complexity index is 643. The molecule has 2 heterocycles. The van der Waals surface area contributed by atoms with E-state index < -0.39 is 0 Å². The molecule has 0 aliphatic carbocycles. The van der Waals surface area contributed by atoms with Crippen LogP contribution in [0.2, 0.25) is 5.02 Å². The smallest absolute Gasteiger partial charge is 0.184 e. The van der Waals surface area contributed by atoms with Crippen LogP contribution in [0.15, 0.2) is 18.2 Å². The Kier molecular flexibility index (Phi) is 3.14. The van der Waals surface area contributed by atoms with Crippen molar-refractivity contribution < 1.29 is 4.74 Å². The quantitative estimate of drug-likeness (QED) is 0.858. The lowest BCUT2D eigenvalue weighted by molar-refractivity contribution is 0.0706. The van der Waals surface area contributed by atoms with Gasteiger partial charge in [0.25, 0.3) is 0 Å². The van der Waals surface area contributed by atoms with E-state index in [4.69, 9.17) is 22.1 Å². The number of rotatable bonds is 2. The molecule has 7 heteroatoms. The summed E-state index contributed by atoms with van der Waals surface area (Å²) < 4.78 is 7.46. The number of nitrogens with two attached hydrogens (primary N) is 1. The number of hydrogen-bond donors (Lipinski definition) is 1. The maximum atomic E-state index is 6.05. The van der Waals surface area contributed by atoms with Crippen molar-refractivity contribution in [3.8, 4) is 11.4 Å². The van der Waals surface area contributed by atoms with Crippen molar-refractivity contribution in [1.82, 2.24) is 20.2 Å². The van der Waals surface area contributed by atoms with Crippen LogP contribution >= 0.6 is 11.6 Å². The molecule has 20 heavy (non-hydrogen) atoms. The molecule has 106 valence electrons. The van der Waals surface area contributed by atoms with Gasteiger partial charge in [-0.2, -0.15) is 0 Å². The summed E-state index contributed by atoms with van der Waals surface area (Å²) in [6.07, 6.45) is 0.886. The lowest BCUT2D eigenvalue weighted by atomic mass is 9.94. The zero-order valence-corrected chi connectivity index (χ0v) is 12.1. The minimum Gasteiger partial charge on any atom is -0.398 e. The Balaban J connectivity index is 2.13. The topological polar surface area (TPSA) is 78.8 Å². The number of nitrogens with zero attached hydrogens (tertiary/aromatic N) is 4. The third kappa shape index (κ3) is 1.96. The zero-order valence-electron chi connectivity index (χ0n) is 11.4. The summed E-state index contributed by atoms with van der Waals surface area (Å²) in [5.41, 5.74) is 7.08. The van der Waals surface area contributed by atoms with Crippen LogP contribution in [-0.2, 0) is 10.3 Å². The van der Waals surface area contributed by atoms with Gasteiger partial charge in [0.05, 0.1) is 11.6 Å². The fraction of sp³-hybridized carbons (Fsp3) is 0.462. The van der Waals surface area contributed by atoms with Gasteiger partial charge in [-0.1, -0.05) is 11.6 Å². The monoisotopic (exact) mass is 293 g/mol. The summed E-state index contributed by atoms with van der Waals surface area (Å²) in [7, 11) is 0. The van der Waals surface area contributed by atoms with E-state index in [9.17, 15) is 0 Å². The van der Waals surface area contributed by atoms with Crippen molar-refractivity contribution >= 4 is 17.3 Å². The van der Waals surface area contributed by atoms with Gasteiger partial charge in [0.1, 0.15) is 0 Å². The highest BCUT2D eigenvalue weighted by Gasteiger charge is 2.42. The molecule has 2 N–H and O–H groups in total. The van der Waals surface area contributed by atoms with Gasteiger partial charge in [0.2, 0.25) is 0 Å². The first-order valence-electron chi connectivity index (χ1n) is 6.48. The summed E-state index contributed by atoms with van der Waals surface area (Å²) in [4.78, 5) is 0. The largest absolute Gasteiger partial charge is 0.398 e. The third-order valence-corrected chi connectivity index (χ3v) is 4.30. The highest BCUT2D eigenvalue weighted by atomic mass is 35.5. The standard InChI is InChI=1S/C13H16ClN5O/c1-8-13(2,5-6-20-8)19-12(16-17-18-19)10-7-9(14)3-4-11(10)15/h3-4,7-8H,5-6,15H2,1-2H3. The SMILES string of the molecule is CC1OCCC1(C)n1nnnc1-c1cc(Cl)ccc1N. The van der Waals surface area contributed by atoms with Gasteiger partial charge in [0, 0.05) is 22.9 Å². The molecule has 0 amide bonds. The molecule has 1 saturated heterocycles. The summed E-state index contributed by atoms with van der Waals surface area (Å²) in [5.74, 6) is 0.616. The van der Waals surface area contributed by atoms with Gasteiger partial charge in [-0.25, -0.2) is 4.68 Å². The highest BCUT2D eigenvalue weighted by Crippen LogP contribution is 2.36. The Morgan fingerprint density at radius 1 is 1.50 bits per heavy atom. The number of benzene rings is 1.